The fraction of sp³-hybridized carbons (Fsp3) is 0.750. The van der Waals surface area contributed by atoms with Gasteiger partial charge in [0.25, 0.3) is 0 Å². The molecule has 7 nitrogen and oxygen atoms in total. The molecular weight excluding hydrogens is 250 g/mol. The molecular formula is C12H21N3O4. The fourth-order valence-corrected chi connectivity index (χ4v) is 2.29. The maximum Gasteiger partial charge on any atom is 0.326 e. The Kier molecular flexibility index (Phi) is 5.14. The van der Waals surface area contributed by atoms with E-state index < -0.39 is 23.9 Å². The zero-order chi connectivity index (χ0) is 14.5. The van der Waals surface area contributed by atoms with Crippen LogP contribution in [0.2, 0.25) is 0 Å². The van der Waals surface area contributed by atoms with Crippen molar-refractivity contribution in [3.63, 3.8) is 0 Å². The van der Waals surface area contributed by atoms with Crippen molar-refractivity contribution >= 4 is 17.9 Å². The molecule has 0 aromatic carbocycles. The first-order valence-corrected chi connectivity index (χ1v) is 6.42. The quantitative estimate of drug-likeness (QED) is 0.556. The first kappa shape index (κ1) is 15.3. The van der Waals surface area contributed by atoms with Gasteiger partial charge < -0.3 is 21.5 Å². The van der Waals surface area contributed by atoms with Crippen LogP contribution in [0.15, 0.2) is 0 Å². The Morgan fingerprint density at radius 3 is 2.37 bits per heavy atom. The number of aliphatic carboxylic acids is 1. The van der Waals surface area contributed by atoms with E-state index in [2.05, 4.69) is 10.6 Å². The highest BCUT2D eigenvalue weighted by molar-refractivity contribution is 5.83. The van der Waals surface area contributed by atoms with Gasteiger partial charge in [-0.15, -0.1) is 0 Å². The maximum absolute atomic E-state index is 11.8. The van der Waals surface area contributed by atoms with Crippen molar-refractivity contribution < 1.29 is 19.5 Å². The van der Waals surface area contributed by atoms with Gasteiger partial charge in [-0.1, -0.05) is 12.8 Å². The topological polar surface area (TPSA) is 122 Å². The molecule has 7 heteroatoms. The third kappa shape index (κ3) is 5.15. The van der Waals surface area contributed by atoms with Gasteiger partial charge in [-0.25, -0.2) is 9.59 Å². The summed E-state index contributed by atoms with van der Waals surface area (Å²) in [5.74, 6) is -1.76. The van der Waals surface area contributed by atoms with Crippen molar-refractivity contribution in [2.45, 2.75) is 57.0 Å². The van der Waals surface area contributed by atoms with Crippen molar-refractivity contribution in [1.29, 1.82) is 0 Å². The van der Waals surface area contributed by atoms with Crippen LogP contribution in [0.25, 0.3) is 0 Å². The number of carboxylic acid groups (broad SMARTS) is 1. The van der Waals surface area contributed by atoms with Crippen molar-refractivity contribution in [3.05, 3.63) is 0 Å². The number of rotatable bonds is 6. The Morgan fingerprint density at radius 2 is 1.89 bits per heavy atom. The molecule has 1 fully saturated rings. The summed E-state index contributed by atoms with van der Waals surface area (Å²) >= 11 is 0. The number of nitrogens with two attached hydrogens (primary N) is 1. The highest BCUT2D eigenvalue weighted by Gasteiger charge is 2.31. The maximum atomic E-state index is 11.8. The van der Waals surface area contributed by atoms with Gasteiger partial charge in [-0.2, -0.15) is 0 Å². The van der Waals surface area contributed by atoms with E-state index in [1.165, 1.54) is 0 Å². The summed E-state index contributed by atoms with van der Waals surface area (Å²) in [6.07, 6.45) is 3.81. The lowest BCUT2D eigenvalue weighted by Gasteiger charge is -2.26. The zero-order valence-corrected chi connectivity index (χ0v) is 11.1. The number of amides is 3. The first-order valence-electron chi connectivity index (χ1n) is 6.42. The second-order valence-electron chi connectivity index (χ2n) is 5.26. The van der Waals surface area contributed by atoms with Gasteiger partial charge in [-0.3, -0.25) is 4.79 Å². The van der Waals surface area contributed by atoms with Crippen LogP contribution in [0.4, 0.5) is 4.79 Å². The molecule has 1 aliphatic rings. The molecule has 0 aliphatic heterocycles. The van der Waals surface area contributed by atoms with Gasteiger partial charge >= 0.3 is 12.0 Å². The predicted molar refractivity (Wildman–Crippen MR) is 68.4 cm³/mol. The Morgan fingerprint density at radius 1 is 1.32 bits per heavy atom. The monoisotopic (exact) mass is 271 g/mol. The fourth-order valence-electron chi connectivity index (χ4n) is 2.29. The second-order valence-corrected chi connectivity index (χ2v) is 5.26. The average Bonchev–Trinajstić information content (AvgIpc) is 2.70. The van der Waals surface area contributed by atoms with E-state index in [1.54, 1.807) is 0 Å². The number of hydrogen-bond acceptors (Lipinski definition) is 3. The lowest BCUT2D eigenvalue weighted by atomic mass is 10.0. The largest absolute Gasteiger partial charge is 0.480 e. The Hall–Kier alpha value is -1.79. The van der Waals surface area contributed by atoms with E-state index in [1.807, 2.05) is 6.92 Å². The van der Waals surface area contributed by atoms with Gasteiger partial charge in [0.05, 0.1) is 0 Å². The van der Waals surface area contributed by atoms with Crippen molar-refractivity contribution in [3.8, 4) is 0 Å². The van der Waals surface area contributed by atoms with Gasteiger partial charge in [0, 0.05) is 12.0 Å². The third-order valence-electron chi connectivity index (χ3n) is 3.41. The van der Waals surface area contributed by atoms with E-state index in [-0.39, 0.29) is 18.4 Å². The molecule has 1 rings (SSSR count). The zero-order valence-electron chi connectivity index (χ0n) is 11.1. The van der Waals surface area contributed by atoms with Crippen LogP contribution in [-0.2, 0) is 9.59 Å². The van der Waals surface area contributed by atoms with E-state index in [4.69, 9.17) is 10.8 Å². The minimum atomic E-state index is -1.17. The summed E-state index contributed by atoms with van der Waals surface area (Å²) in [6, 6.07) is -1.61. The van der Waals surface area contributed by atoms with Crippen LogP contribution in [0.5, 0.6) is 0 Å². The summed E-state index contributed by atoms with van der Waals surface area (Å²) in [6.45, 7) is 1.94. The summed E-state index contributed by atoms with van der Waals surface area (Å²) in [4.78, 5) is 33.4. The van der Waals surface area contributed by atoms with E-state index in [0.29, 0.717) is 0 Å². The van der Waals surface area contributed by atoms with E-state index >= 15 is 0 Å². The number of urea groups is 1. The van der Waals surface area contributed by atoms with Crippen LogP contribution in [0.3, 0.4) is 0 Å². The molecule has 0 heterocycles. The van der Waals surface area contributed by atoms with Crippen LogP contribution in [-0.4, -0.2) is 34.6 Å². The van der Waals surface area contributed by atoms with Gasteiger partial charge in [0.15, 0.2) is 0 Å². The lowest BCUT2D eigenvalue weighted by molar-refractivity contribution is -0.139. The number of hydrogen-bond donors (Lipinski definition) is 4. The van der Waals surface area contributed by atoms with Crippen molar-refractivity contribution in [1.82, 2.24) is 10.6 Å². The molecule has 5 N–H and O–H groups in total. The standard InChI is InChI=1S/C12H21N3O4/c1-12(6-2-3-7-12)15-11(19)14-8(10(17)18)4-5-9(13)16/h8H,2-7H2,1H3,(H2,13,16)(H,17,18)(H2,14,15,19). The van der Waals surface area contributed by atoms with Crippen molar-refractivity contribution in [2.24, 2.45) is 5.73 Å². The van der Waals surface area contributed by atoms with Gasteiger partial charge in [0.2, 0.25) is 5.91 Å². The molecule has 1 aliphatic carbocycles. The molecule has 19 heavy (non-hydrogen) atoms. The lowest BCUT2D eigenvalue weighted by Crippen LogP contribution is -2.53. The van der Waals surface area contributed by atoms with Crippen LogP contribution in [0, 0.1) is 0 Å². The normalized spacial score (nSPS) is 18.6. The molecule has 1 unspecified atom stereocenters. The summed E-state index contributed by atoms with van der Waals surface area (Å²) in [7, 11) is 0. The molecule has 0 aromatic heterocycles. The molecule has 1 saturated carbocycles. The molecule has 108 valence electrons. The highest BCUT2D eigenvalue weighted by Crippen LogP contribution is 2.28. The van der Waals surface area contributed by atoms with Gasteiger partial charge in [0.1, 0.15) is 6.04 Å². The molecule has 3 amide bonds. The van der Waals surface area contributed by atoms with E-state index in [9.17, 15) is 14.4 Å². The smallest absolute Gasteiger partial charge is 0.326 e. The number of primary amides is 1. The molecule has 0 bridgehead atoms. The number of carbonyl (C=O) groups excluding carboxylic acids is 2. The Bertz CT molecular complexity index is 364. The average molecular weight is 271 g/mol. The SMILES string of the molecule is CC1(NC(=O)NC(CCC(N)=O)C(=O)O)CCCC1. The van der Waals surface area contributed by atoms with Crippen LogP contribution < -0.4 is 16.4 Å². The molecule has 0 spiro atoms. The first-order chi connectivity index (χ1) is 8.82. The van der Waals surface area contributed by atoms with Crippen LogP contribution in [0.1, 0.15) is 45.4 Å². The summed E-state index contributed by atoms with van der Waals surface area (Å²) in [5, 5.41) is 14.1. The Balaban J connectivity index is 2.46. The minimum Gasteiger partial charge on any atom is -0.480 e. The number of nitrogens with one attached hydrogen (secondary N) is 2. The minimum absolute atomic E-state index is 0.00516. The number of carbonyl (C=O) groups is 3. The van der Waals surface area contributed by atoms with E-state index in [0.717, 1.165) is 25.7 Å². The summed E-state index contributed by atoms with van der Waals surface area (Å²) < 4.78 is 0. The number of carboxylic acids is 1. The van der Waals surface area contributed by atoms with Crippen LogP contribution >= 0.6 is 0 Å². The highest BCUT2D eigenvalue weighted by atomic mass is 16.4. The third-order valence-corrected chi connectivity index (χ3v) is 3.41. The molecule has 0 saturated heterocycles. The summed E-state index contributed by atoms with van der Waals surface area (Å²) in [5.41, 5.74) is 4.70. The molecule has 1 atom stereocenters. The predicted octanol–water partition coefficient (Wildman–Crippen LogP) is 0.337. The molecule has 0 radical (unpaired) electrons. The molecule has 0 aromatic rings. The Labute approximate surface area is 111 Å². The second kappa shape index (κ2) is 6.40. The van der Waals surface area contributed by atoms with Crippen molar-refractivity contribution in [2.75, 3.05) is 0 Å². The van der Waals surface area contributed by atoms with Gasteiger partial charge in [-0.05, 0) is 26.2 Å².